The lowest BCUT2D eigenvalue weighted by Gasteiger charge is -2.37. The summed E-state index contributed by atoms with van der Waals surface area (Å²) in [5.41, 5.74) is 1.89. The highest BCUT2D eigenvalue weighted by atomic mass is 32.2. The molecule has 3 aromatic heterocycles. The molecule has 2 unspecified atom stereocenters. The number of piperazine rings is 1. The monoisotopic (exact) mass is 868 g/mol. The van der Waals surface area contributed by atoms with Crippen LogP contribution in [0.2, 0.25) is 0 Å². The van der Waals surface area contributed by atoms with Crippen molar-refractivity contribution in [3.8, 4) is 16.9 Å². The van der Waals surface area contributed by atoms with E-state index in [2.05, 4.69) is 30.1 Å². The van der Waals surface area contributed by atoms with Crippen molar-refractivity contribution in [2.75, 3.05) is 50.7 Å². The molecule has 62 heavy (non-hydrogen) atoms. The normalized spacial score (nSPS) is 18.5. The molecule has 2 aromatic carbocycles. The Hall–Kier alpha value is -6.11. The number of benzene rings is 2. The second-order valence-electron chi connectivity index (χ2n) is 16.1. The van der Waals surface area contributed by atoms with Gasteiger partial charge in [0.25, 0.3) is 5.91 Å². The predicted molar refractivity (Wildman–Crippen MR) is 226 cm³/mol. The Morgan fingerprint density at radius 3 is 2.32 bits per heavy atom. The van der Waals surface area contributed by atoms with E-state index in [1.54, 1.807) is 18.5 Å². The number of halogens is 2. The van der Waals surface area contributed by atoms with Crippen LogP contribution in [0.4, 0.5) is 14.6 Å². The van der Waals surface area contributed by atoms with Gasteiger partial charge in [-0.2, -0.15) is 0 Å². The van der Waals surface area contributed by atoms with Gasteiger partial charge in [0.05, 0.1) is 17.4 Å². The lowest BCUT2D eigenvalue weighted by atomic mass is 9.89. The molecule has 0 aliphatic carbocycles. The third-order valence-corrected chi connectivity index (χ3v) is 13.3. The minimum Gasteiger partial charge on any atom is -0.481 e. The average molecular weight is 869 g/mol. The average Bonchev–Trinajstić information content (AvgIpc) is 3.69. The number of pyridine rings is 2. The van der Waals surface area contributed by atoms with E-state index in [1.165, 1.54) is 18.7 Å². The maximum atomic E-state index is 15.6. The number of nitrogens with zero attached hydrogens (tertiary/aromatic N) is 5. The number of H-pyrrole nitrogens is 1. The molecule has 3 amide bonds. The first-order valence-corrected chi connectivity index (χ1v) is 22.1. The first-order chi connectivity index (χ1) is 29.7. The molecule has 6 heterocycles. The molecule has 3 aliphatic heterocycles. The number of likely N-dealkylation sites (tertiary alicyclic amines) is 1. The van der Waals surface area contributed by atoms with E-state index in [1.807, 2.05) is 41.3 Å². The summed E-state index contributed by atoms with van der Waals surface area (Å²) in [6, 6.07) is 15.3. The molecular formula is C44H46F2N8O7S. The van der Waals surface area contributed by atoms with E-state index in [4.69, 9.17) is 9.88 Å². The van der Waals surface area contributed by atoms with Crippen molar-refractivity contribution >= 4 is 50.4 Å². The van der Waals surface area contributed by atoms with E-state index >= 15 is 4.39 Å². The van der Waals surface area contributed by atoms with Crippen LogP contribution in [0.25, 0.3) is 22.2 Å². The number of amides is 3. The molecule has 0 spiro atoms. The van der Waals surface area contributed by atoms with Crippen LogP contribution in [0.1, 0.15) is 65.6 Å². The number of carbonyl (C=O) groups excluding carboxylic acids is 4. The Balaban J connectivity index is 0.831. The third kappa shape index (κ3) is 9.22. The minimum absolute atomic E-state index is 0.00607. The molecule has 3 saturated heterocycles. The summed E-state index contributed by atoms with van der Waals surface area (Å²) >= 11 is 0. The van der Waals surface area contributed by atoms with E-state index < -0.39 is 50.3 Å². The molecule has 18 heteroatoms. The van der Waals surface area contributed by atoms with Crippen LogP contribution >= 0.6 is 0 Å². The zero-order valence-electron chi connectivity index (χ0n) is 34.0. The standard InChI is InChI=1S/C44H46F2N8O7S/c1-26(62(47,59)60)20-29-4-8-35(45)40(41(29)46)42(57)34-24-50-43-33(34)21-31(23-49-43)30-5-10-37(48-22-30)53-16-18-54(19-17-53)39(56)25-52-14-12-28(13-15-52)27-2-6-32(7-3-27)61-36-9-11-38(55)51-44(36)58/h2-8,10,21-24,26,28,36H,9,11-20,25H2,1H3,(H,49,50)(H2,47,59,60)(H,51,55,58). The number of rotatable bonds is 12. The summed E-state index contributed by atoms with van der Waals surface area (Å²) < 4.78 is 59.9. The number of fused-ring (bicyclic) bond motifs is 1. The Morgan fingerprint density at radius 2 is 1.65 bits per heavy atom. The topological polar surface area (TPSA) is 201 Å². The van der Waals surface area contributed by atoms with Crippen molar-refractivity contribution in [2.24, 2.45) is 5.14 Å². The number of ether oxygens (including phenoxy) is 1. The van der Waals surface area contributed by atoms with Crippen LogP contribution in [0.3, 0.4) is 0 Å². The molecule has 5 aromatic rings. The van der Waals surface area contributed by atoms with Crippen molar-refractivity contribution in [3.63, 3.8) is 0 Å². The van der Waals surface area contributed by atoms with E-state index in [-0.39, 0.29) is 35.8 Å². The largest absolute Gasteiger partial charge is 0.481 e. The van der Waals surface area contributed by atoms with Crippen molar-refractivity contribution in [3.05, 3.63) is 107 Å². The van der Waals surface area contributed by atoms with E-state index in [9.17, 15) is 32.0 Å². The summed E-state index contributed by atoms with van der Waals surface area (Å²) in [5, 5.41) is 6.70. The van der Waals surface area contributed by atoms with Crippen LogP contribution in [0, 0.1) is 11.6 Å². The Labute approximate surface area is 356 Å². The molecule has 3 fully saturated rings. The van der Waals surface area contributed by atoms with Gasteiger partial charge in [-0.25, -0.2) is 32.3 Å². The number of hydrogen-bond donors (Lipinski definition) is 3. The number of ketones is 1. The molecule has 8 rings (SSSR count). The number of sulfonamides is 1. The highest BCUT2D eigenvalue weighted by Crippen LogP contribution is 2.32. The maximum absolute atomic E-state index is 15.6. The number of hydrogen-bond acceptors (Lipinski definition) is 11. The third-order valence-electron chi connectivity index (χ3n) is 12.0. The predicted octanol–water partition coefficient (Wildman–Crippen LogP) is 4.07. The van der Waals surface area contributed by atoms with Crippen molar-refractivity contribution in [1.29, 1.82) is 0 Å². The molecule has 0 radical (unpaired) electrons. The van der Waals surface area contributed by atoms with Gasteiger partial charge in [0.2, 0.25) is 27.6 Å². The number of nitrogens with two attached hydrogens (primary N) is 1. The SMILES string of the molecule is CC(Cc1ccc(F)c(C(=O)c2c[nH]c3ncc(-c4ccc(N5CCN(C(=O)CN6CCC(c7ccc(OC8CCC(=O)NC8=O)cc7)CC6)CC5)nc4)cc23)c1F)S(N)(=O)=O. The summed E-state index contributed by atoms with van der Waals surface area (Å²) in [6.07, 6.45) is 6.09. The molecule has 2 atom stereocenters. The van der Waals surface area contributed by atoms with Gasteiger partial charge in [0.15, 0.2) is 6.10 Å². The zero-order valence-corrected chi connectivity index (χ0v) is 34.8. The Kier molecular flexibility index (Phi) is 12.2. The molecule has 0 bridgehead atoms. The fourth-order valence-electron chi connectivity index (χ4n) is 8.28. The molecule has 4 N–H and O–H groups in total. The number of carbonyl (C=O) groups is 4. The van der Waals surface area contributed by atoms with Gasteiger partial charge < -0.3 is 19.5 Å². The summed E-state index contributed by atoms with van der Waals surface area (Å²) in [4.78, 5) is 68.7. The van der Waals surface area contributed by atoms with Crippen LogP contribution in [0.5, 0.6) is 5.75 Å². The number of imide groups is 1. The van der Waals surface area contributed by atoms with E-state index in [0.717, 1.165) is 43.9 Å². The molecule has 3 aliphatic rings. The van der Waals surface area contributed by atoms with Crippen molar-refractivity contribution in [1.82, 2.24) is 30.1 Å². The highest BCUT2D eigenvalue weighted by Gasteiger charge is 2.30. The van der Waals surface area contributed by atoms with Gasteiger partial charge in [-0.05, 0) is 92.7 Å². The fourth-order valence-corrected chi connectivity index (χ4v) is 8.70. The van der Waals surface area contributed by atoms with Gasteiger partial charge in [0.1, 0.15) is 28.8 Å². The first kappa shape index (κ1) is 42.6. The summed E-state index contributed by atoms with van der Waals surface area (Å²) in [6.45, 7) is 5.63. The molecule has 324 valence electrons. The van der Waals surface area contributed by atoms with Gasteiger partial charge >= 0.3 is 0 Å². The summed E-state index contributed by atoms with van der Waals surface area (Å²) in [7, 11) is -3.99. The number of anilines is 1. The lowest BCUT2D eigenvalue weighted by molar-refractivity contribution is -0.139. The summed E-state index contributed by atoms with van der Waals surface area (Å²) in [5.74, 6) is -2.05. The fraction of sp³-hybridized carbons (Fsp3) is 0.364. The lowest BCUT2D eigenvalue weighted by Crippen LogP contribution is -2.52. The Morgan fingerprint density at radius 1 is 0.919 bits per heavy atom. The number of nitrogens with one attached hydrogen (secondary N) is 2. The second-order valence-corrected chi connectivity index (χ2v) is 18.1. The van der Waals surface area contributed by atoms with Crippen LogP contribution in [-0.2, 0) is 30.8 Å². The van der Waals surface area contributed by atoms with Crippen LogP contribution in [0.15, 0.2) is 73.2 Å². The van der Waals surface area contributed by atoms with Crippen molar-refractivity contribution in [2.45, 2.75) is 56.3 Å². The number of aromatic nitrogens is 3. The quantitative estimate of drug-likeness (QED) is 0.121. The molecule has 15 nitrogen and oxygen atoms in total. The second kappa shape index (κ2) is 17.7. The number of aromatic amines is 1. The number of piperidine rings is 2. The van der Waals surface area contributed by atoms with Gasteiger partial charge in [-0.1, -0.05) is 18.2 Å². The Bertz CT molecular complexity index is 2630. The van der Waals surface area contributed by atoms with Gasteiger partial charge in [-0.3, -0.25) is 29.4 Å². The highest BCUT2D eigenvalue weighted by molar-refractivity contribution is 7.89. The first-order valence-electron chi connectivity index (χ1n) is 20.5. The number of primary sulfonamides is 1. The maximum Gasteiger partial charge on any atom is 0.267 e. The van der Waals surface area contributed by atoms with Gasteiger partial charge in [0, 0.05) is 79.7 Å². The smallest absolute Gasteiger partial charge is 0.267 e. The zero-order chi connectivity index (χ0) is 43.7. The van der Waals surface area contributed by atoms with Crippen LogP contribution < -0.4 is 20.1 Å². The molecule has 0 saturated carbocycles. The van der Waals surface area contributed by atoms with Crippen LogP contribution in [-0.4, -0.2) is 114 Å². The minimum atomic E-state index is -3.99. The molecular weight excluding hydrogens is 823 g/mol. The van der Waals surface area contributed by atoms with Crippen molar-refractivity contribution < 1.29 is 41.1 Å². The van der Waals surface area contributed by atoms with Gasteiger partial charge in [-0.15, -0.1) is 0 Å². The van der Waals surface area contributed by atoms with E-state index in [0.29, 0.717) is 73.0 Å².